The van der Waals surface area contributed by atoms with Gasteiger partial charge in [-0.25, -0.2) is 10.2 Å². The van der Waals surface area contributed by atoms with Crippen LogP contribution in [-0.2, 0) is 50.1 Å². The van der Waals surface area contributed by atoms with E-state index in [1.54, 1.807) is 20.8 Å². The van der Waals surface area contributed by atoms with Crippen molar-refractivity contribution in [2.24, 2.45) is 5.10 Å². The highest BCUT2D eigenvalue weighted by Crippen LogP contribution is 2.07. The number of hydrazone groups is 1. The second-order valence-corrected chi connectivity index (χ2v) is 12.2. The molecular weight excluding hydrogens is 618 g/mol. The molecule has 0 radical (unpaired) electrons. The first-order chi connectivity index (χ1) is 23.8. The fourth-order valence-electron chi connectivity index (χ4n) is 4.26. The topological polar surface area (TPSA) is 99.6 Å². The van der Waals surface area contributed by atoms with E-state index in [2.05, 4.69) is 40.1 Å². The van der Waals surface area contributed by atoms with Gasteiger partial charge in [0.05, 0.1) is 64.6 Å². The molecule has 0 aromatic heterocycles. The van der Waals surface area contributed by atoms with Gasteiger partial charge in [0.1, 0.15) is 5.60 Å². The highest BCUT2D eigenvalue weighted by molar-refractivity contribution is 5.87. The molecule has 0 spiro atoms. The van der Waals surface area contributed by atoms with E-state index in [4.69, 9.17) is 23.7 Å². The summed E-state index contributed by atoms with van der Waals surface area (Å²) < 4.78 is 28.1. The Morgan fingerprint density at radius 3 is 1.27 bits per heavy atom. The van der Waals surface area contributed by atoms with Gasteiger partial charge in [-0.05, 0) is 50.1 Å². The van der Waals surface area contributed by atoms with Crippen molar-refractivity contribution in [2.45, 2.75) is 58.8 Å². The number of nitrogens with one attached hydrogen (secondary N) is 2. The molecule has 0 atom stereocenters. The molecule has 4 aromatic carbocycles. The third-order valence-corrected chi connectivity index (χ3v) is 6.73. The maximum Gasteiger partial charge on any atom is 0.428 e. The normalized spacial score (nSPS) is 11.0. The monoisotopic (exact) mass is 669 g/mol. The zero-order valence-electron chi connectivity index (χ0n) is 29.2. The zero-order valence-corrected chi connectivity index (χ0v) is 29.2. The molecule has 1 amide bonds. The molecule has 2 N–H and O–H groups in total. The minimum absolute atomic E-state index is 0.206. The smallest absolute Gasteiger partial charge is 0.428 e. The first-order valence-corrected chi connectivity index (χ1v) is 16.5. The lowest BCUT2D eigenvalue weighted by Crippen LogP contribution is -2.34. The van der Waals surface area contributed by atoms with Crippen LogP contribution >= 0.6 is 0 Å². The highest BCUT2D eigenvalue weighted by Gasteiger charge is 2.16. The van der Waals surface area contributed by atoms with Crippen LogP contribution < -0.4 is 10.7 Å². The number of hydrogen-bond acceptors (Lipinski definition) is 8. The van der Waals surface area contributed by atoms with Gasteiger partial charge in [-0.2, -0.15) is 5.10 Å². The molecule has 0 aliphatic rings. The van der Waals surface area contributed by atoms with E-state index in [9.17, 15) is 4.79 Å². The van der Waals surface area contributed by atoms with Gasteiger partial charge in [-0.15, -0.1) is 0 Å². The van der Waals surface area contributed by atoms with E-state index in [1.165, 1.54) is 11.1 Å². The maximum atomic E-state index is 11.8. The first kappa shape index (κ1) is 39.1. The fraction of sp³-hybridized carbons (Fsp3) is 0.350. The Kier molecular flexibility index (Phi) is 18.4. The maximum absolute atomic E-state index is 11.8. The number of amides is 1. The molecule has 9 nitrogen and oxygen atoms in total. The Morgan fingerprint density at radius 1 is 0.592 bits per heavy atom. The van der Waals surface area contributed by atoms with Gasteiger partial charge >= 0.3 is 6.09 Å². The van der Waals surface area contributed by atoms with E-state index < -0.39 is 11.7 Å². The largest absolute Gasteiger partial charge is 0.443 e. The van der Waals surface area contributed by atoms with E-state index in [0.717, 1.165) is 11.1 Å². The van der Waals surface area contributed by atoms with Gasteiger partial charge in [-0.3, -0.25) is 0 Å². The number of carbonyl (C=O) groups excluding carboxylic acids is 1. The molecule has 0 saturated heterocycles. The summed E-state index contributed by atoms with van der Waals surface area (Å²) in [5.41, 5.74) is 6.89. The van der Waals surface area contributed by atoms with Gasteiger partial charge in [0, 0.05) is 0 Å². The Balaban J connectivity index is 0.000000276. The molecule has 0 saturated carbocycles. The number of rotatable bonds is 18. The number of nitrogens with zero attached hydrogens (tertiary/aromatic N) is 1. The summed E-state index contributed by atoms with van der Waals surface area (Å²) in [5, 5.41) is 7.34. The summed E-state index contributed by atoms with van der Waals surface area (Å²) in [6.07, 6.45) is -0.615. The van der Waals surface area contributed by atoms with Crippen LogP contribution in [0.3, 0.4) is 0 Å². The predicted molar refractivity (Wildman–Crippen MR) is 194 cm³/mol. The van der Waals surface area contributed by atoms with Crippen molar-refractivity contribution < 1.29 is 28.5 Å². The van der Waals surface area contributed by atoms with Crippen molar-refractivity contribution >= 4 is 11.8 Å². The number of benzene rings is 4. The molecule has 0 unspecified atom stereocenters. The van der Waals surface area contributed by atoms with Crippen LogP contribution in [0.2, 0.25) is 0 Å². The lowest BCUT2D eigenvalue weighted by atomic mass is 10.2. The van der Waals surface area contributed by atoms with Crippen LogP contribution in [0.1, 0.15) is 43.0 Å². The molecule has 9 heteroatoms. The zero-order chi connectivity index (χ0) is 35.0. The van der Waals surface area contributed by atoms with Crippen molar-refractivity contribution in [3.8, 4) is 0 Å². The Bertz CT molecular complexity index is 1360. The van der Waals surface area contributed by atoms with Crippen LogP contribution in [0, 0.1) is 0 Å². The minimum Gasteiger partial charge on any atom is -0.443 e. The average Bonchev–Trinajstić information content (AvgIpc) is 3.11. The lowest BCUT2D eigenvalue weighted by Gasteiger charge is -2.18. The van der Waals surface area contributed by atoms with Crippen molar-refractivity contribution in [3.63, 3.8) is 0 Å². The Hall–Kier alpha value is -4.38. The third kappa shape index (κ3) is 18.7. The van der Waals surface area contributed by atoms with Crippen molar-refractivity contribution in [2.75, 3.05) is 33.5 Å². The SMILES string of the molecule is CC(C)(C)OC(=O)NN=C(COCc1ccccc1)COCc1ccccc1.CNC(COCc1ccccc1)COCc1ccccc1. The number of carbonyl (C=O) groups is 1. The molecule has 4 aromatic rings. The highest BCUT2D eigenvalue weighted by atomic mass is 16.6. The summed E-state index contributed by atoms with van der Waals surface area (Å²) >= 11 is 0. The number of likely N-dealkylation sites (N-methyl/N-ethyl adjacent to an activating group) is 1. The molecular formula is C40H51N3O6. The molecule has 0 aliphatic heterocycles. The summed E-state index contributed by atoms with van der Waals surface area (Å²) in [6, 6.07) is 40.3. The van der Waals surface area contributed by atoms with Crippen molar-refractivity contribution in [3.05, 3.63) is 144 Å². The number of ether oxygens (including phenoxy) is 5. The van der Waals surface area contributed by atoms with Crippen LogP contribution in [0.15, 0.2) is 126 Å². The third-order valence-electron chi connectivity index (χ3n) is 6.73. The standard InChI is InChI=1S/C22H28N2O4.C18H23NO2/c1-22(2,3)28-21(25)24-23-20(16-26-14-18-10-6-4-7-11-18)17-27-15-19-12-8-5-9-13-19;1-19-18(14-20-12-16-8-4-2-5-9-16)15-21-13-17-10-6-3-7-11-17/h4-13H,14-17H2,1-3H3,(H,24,25);2-11,18-19H,12-15H2,1H3. The van der Waals surface area contributed by atoms with Crippen LogP contribution in [0.5, 0.6) is 0 Å². The van der Waals surface area contributed by atoms with Gasteiger partial charge in [0.25, 0.3) is 0 Å². The minimum atomic E-state index is -0.615. The van der Waals surface area contributed by atoms with Gasteiger partial charge in [0.2, 0.25) is 0 Å². The van der Waals surface area contributed by atoms with Crippen LogP contribution in [-0.4, -0.2) is 56.9 Å². The van der Waals surface area contributed by atoms with Crippen molar-refractivity contribution in [1.82, 2.24) is 10.7 Å². The summed E-state index contributed by atoms with van der Waals surface area (Å²) in [4.78, 5) is 11.8. The van der Waals surface area contributed by atoms with Crippen LogP contribution in [0.25, 0.3) is 0 Å². The molecule has 0 heterocycles. The predicted octanol–water partition coefficient (Wildman–Crippen LogP) is 7.31. The second-order valence-electron chi connectivity index (χ2n) is 12.2. The van der Waals surface area contributed by atoms with E-state index in [1.807, 2.05) is 104 Å². The summed E-state index contributed by atoms with van der Waals surface area (Å²) in [7, 11) is 1.93. The fourth-order valence-corrected chi connectivity index (χ4v) is 4.26. The molecule has 262 valence electrons. The number of hydrogen-bond donors (Lipinski definition) is 2. The molecule has 0 fully saturated rings. The first-order valence-electron chi connectivity index (χ1n) is 16.5. The van der Waals surface area contributed by atoms with E-state index in [-0.39, 0.29) is 19.3 Å². The molecule has 0 bridgehead atoms. The summed E-state index contributed by atoms with van der Waals surface area (Å²) in [6.45, 7) is 9.31. The molecule has 0 aliphatic carbocycles. The molecule has 4 rings (SSSR count). The Morgan fingerprint density at radius 2 is 0.939 bits per heavy atom. The van der Waals surface area contributed by atoms with Gasteiger partial charge in [0.15, 0.2) is 0 Å². The van der Waals surface area contributed by atoms with Gasteiger partial charge in [-0.1, -0.05) is 121 Å². The van der Waals surface area contributed by atoms with Crippen LogP contribution in [0.4, 0.5) is 4.79 Å². The van der Waals surface area contributed by atoms with E-state index >= 15 is 0 Å². The van der Waals surface area contributed by atoms with E-state index in [0.29, 0.717) is 45.4 Å². The van der Waals surface area contributed by atoms with Crippen molar-refractivity contribution in [1.29, 1.82) is 0 Å². The molecule has 49 heavy (non-hydrogen) atoms. The summed E-state index contributed by atoms with van der Waals surface area (Å²) in [5.74, 6) is 0. The average molecular weight is 670 g/mol. The van der Waals surface area contributed by atoms with Gasteiger partial charge < -0.3 is 29.0 Å². The second kappa shape index (κ2) is 23.1. The lowest BCUT2D eigenvalue weighted by molar-refractivity contribution is 0.0456. The Labute approximate surface area is 291 Å². The quantitative estimate of drug-likeness (QED) is 0.0847.